The Hall–Kier alpha value is -2.19. The maximum Gasteiger partial charge on any atom is 0.150 e. The molecule has 6 heteroatoms. The third-order valence-corrected chi connectivity index (χ3v) is 2.42. The standard InChI is InChI=1S/C11H7ClN4O/c1-17-8-2-7(4-14-5-8)10-9(3-13)11(12)16-6-15-10/h2,4-6H,1H3. The Morgan fingerprint density at radius 2 is 2.18 bits per heavy atom. The predicted molar refractivity (Wildman–Crippen MR) is 61.5 cm³/mol. The van der Waals surface area contributed by atoms with Gasteiger partial charge >= 0.3 is 0 Å². The summed E-state index contributed by atoms with van der Waals surface area (Å²) in [6.07, 6.45) is 4.46. The summed E-state index contributed by atoms with van der Waals surface area (Å²) < 4.78 is 5.06. The highest BCUT2D eigenvalue weighted by Crippen LogP contribution is 2.26. The maximum absolute atomic E-state index is 9.02. The highest BCUT2D eigenvalue weighted by Gasteiger charge is 2.12. The Labute approximate surface area is 103 Å². The Balaban J connectivity index is 2.61. The molecule has 0 saturated heterocycles. The molecule has 2 heterocycles. The molecule has 0 aliphatic carbocycles. The third kappa shape index (κ3) is 2.17. The van der Waals surface area contributed by atoms with Crippen LogP contribution in [-0.2, 0) is 0 Å². The minimum Gasteiger partial charge on any atom is -0.495 e. The number of nitrogens with zero attached hydrogens (tertiary/aromatic N) is 4. The second-order valence-corrected chi connectivity index (χ2v) is 3.47. The van der Waals surface area contributed by atoms with Crippen LogP contribution in [0.5, 0.6) is 5.75 Å². The van der Waals surface area contributed by atoms with E-state index in [1.807, 2.05) is 6.07 Å². The molecule has 17 heavy (non-hydrogen) atoms. The van der Waals surface area contributed by atoms with Gasteiger partial charge in [0.25, 0.3) is 0 Å². The summed E-state index contributed by atoms with van der Waals surface area (Å²) in [5.74, 6) is 0.584. The van der Waals surface area contributed by atoms with Gasteiger partial charge in [0.15, 0.2) is 5.15 Å². The molecule has 0 N–H and O–H groups in total. The van der Waals surface area contributed by atoms with Crippen LogP contribution in [0.1, 0.15) is 5.56 Å². The fourth-order valence-corrected chi connectivity index (χ4v) is 1.52. The smallest absolute Gasteiger partial charge is 0.150 e. The first kappa shape index (κ1) is 11.3. The molecule has 0 amide bonds. The van der Waals surface area contributed by atoms with E-state index in [-0.39, 0.29) is 10.7 Å². The number of pyridine rings is 1. The molecule has 0 atom stereocenters. The van der Waals surface area contributed by atoms with Gasteiger partial charge in [-0.1, -0.05) is 11.6 Å². The second-order valence-electron chi connectivity index (χ2n) is 3.11. The summed E-state index contributed by atoms with van der Waals surface area (Å²) in [5, 5.41) is 9.15. The Kier molecular flexibility index (Phi) is 3.17. The van der Waals surface area contributed by atoms with Gasteiger partial charge in [-0.25, -0.2) is 9.97 Å². The summed E-state index contributed by atoms with van der Waals surface area (Å²) in [5.41, 5.74) is 1.33. The minimum atomic E-state index is 0.125. The molecule has 2 aromatic heterocycles. The molecule has 0 saturated carbocycles. The van der Waals surface area contributed by atoms with Crippen molar-refractivity contribution in [3.8, 4) is 23.1 Å². The molecule has 0 fully saturated rings. The topological polar surface area (TPSA) is 71.7 Å². The van der Waals surface area contributed by atoms with E-state index < -0.39 is 0 Å². The number of aromatic nitrogens is 3. The van der Waals surface area contributed by atoms with Crippen LogP contribution < -0.4 is 4.74 Å². The van der Waals surface area contributed by atoms with Crippen molar-refractivity contribution in [1.82, 2.24) is 15.0 Å². The van der Waals surface area contributed by atoms with Crippen LogP contribution in [0.3, 0.4) is 0 Å². The maximum atomic E-state index is 9.02. The van der Waals surface area contributed by atoms with Gasteiger partial charge in [0.1, 0.15) is 23.7 Å². The predicted octanol–water partition coefficient (Wildman–Crippen LogP) is 2.07. The Bertz CT molecular complexity index is 594. The van der Waals surface area contributed by atoms with Gasteiger partial charge in [0.2, 0.25) is 0 Å². The normalized spacial score (nSPS) is 9.71. The number of hydrogen-bond donors (Lipinski definition) is 0. The fourth-order valence-electron chi connectivity index (χ4n) is 1.34. The number of hydrogen-bond acceptors (Lipinski definition) is 5. The van der Waals surface area contributed by atoms with Crippen molar-refractivity contribution >= 4 is 11.6 Å². The average Bonchev–Trinajstić information content (AvgIpc) is 2.38. The lowest BCUT2D eigenvalue weighted by molar-refractivity contribution is 0.413. The molecule has 0 unspecified atom stereocenters. The van der Waals surface area contributed by atoms with Crippen LogP contribution in [-0.4, -0.2) is 22.1 Å². The fraction of sp³-hybridized carbons (Fsp3) is 0.0909. The second kappa shape index (κ2) is 4.76. The van der Waals surface area contributed by atoms with E-state index in [0.717, 1.165) is 0 Å². The molecule has 0 aliphatic rings. The molecule has 0 aromatic carbocycles. The van der Waals surface area contributed by atoms with Crippen molar-refractivity contribution < 1.29 is 4.74 Å². The van der Waals surface area contributed by atoms with E-state index in [0.29, 0.717) is 17.0 Å². The van der Waals surface area contributed by atoms with Crippen molar-refractivity contribution in [3.05, 3.63) is 35.5 Å². The van der Waals surface area contributed by atoms with Crippen LogP contribution >= 0.6 is 11.6 Å². The van der Waals surface area contributed by atoms with E-state index in [9.17, 15) is 0 Å². The van der Waals surface area contributed by atoms with Crippen molar-refractivity contribution in [2.75, 3.05) is 7.11 Å². The molecule has 0 aliphatic heterocycles. The quantitative estimate of drug-likeness (QED) is 0.759. The molecule has 2 rings (SSSR count). The highest BCUT2D eigenvalue weighted by molar-refractivity contribution is 6.30. The van der Waals surface area contributed by atoms with Gasteiger partial charge in [-0.05, 0) is 6.07 Å². The zero-order chi connectivity index (χ0) is 12.3. The van der Waals surface area contributed by atoms with Gasteiger partial charge in [0.05, 0.1) is 19.0 Å². The van der Waals surface area contributed by atoms with Crippen LogP contribution in [0.2, 0.25) is 5.15 Å². The molecule has 0 spiro atoms. The van der Waals surface area contributed by atoms with Crippen molar-refractivity contribution in [2.24, 2.45) is 0 Å². The van der Waals surface area contributed by atoms with Gasteiger partial charge in [-0.3, -0.25) is 4.98 Å². The number of methoxy groups -OCH3 is 1. The number of rotatable bonds is 2. The van der Waals surface area contributed by atoms with E-state index in [4.69, 9.17) is 21.6 Å². The van der Waals surface area contributed by atoms with Crippen LogP contribution in [0.15, 0.2) is 24.8 Å². The monoisotopic (exact) mass is 246 g/mol. The average molecular weight is 247 g/mol. The Morgan fingerprint density at radius 3 is 2.88 bits per heavy atom. The summed E-state index contributed by atoms with van der Waals surface area (Å²) in [6.45, 7) is 0. The van der Waals surface area contributed by atoms with Crippen molar-refractivity contribution in [3.63, 3.8) is 0 Å². The SMILES string of the molecule is COc1cncc(-c2ncnc(Cl)c2C#N)c1. The van der Waals surface area contributed by atoms with Crippen molar-refractivity contribution in [2.45, 2.75) is 0 Å². The first-order chi connectivity index (χ1) is 8.26. The molecule has 84 valence electrons. The van der Waals surface area contributed by atoms with Gasteiger partial charge in [-0.2, -0.15) is 5.26 Å². The molecule has 0 bridgehead atoms. The van der Waals surface area contributed by atoms with Crippen molar-refractivity contribution in [1.29, 1.82) is 5.26 Å². The summed E-state index contributed by atoms with van der Waals surface area (Å²) in [6, 6.07) is 3.70. The minimum absolute atomic E-state index is 0.125. The molecular weight excluding hydrogens is 240 g/mol. The van der Waals surface area contributed by atoms with Crippen LogP contribution in [0.25, 0.3) is 11.3 Å². The van der Waals surface area contributed by atoms with Gasteiger partial charge in [0, 0.05) is 11.8 Å². The lowest BCUT2D eigenvalue weighted by atomic mass is 10.1. The van der Waals surface area contributed by atoms with Gasteiger partial charge in [-0.15, -0.1) is 0 Å². The highest BCUT2D eigenvalue weighted by atomic mass is 35.5. The number of nitriles is 1. The van der Waals surface area contributed by atoms with E-state index in [1.54, 1.807) is 25.6 Å². The van der Waals surface area contributed by atoms with E-state index >= 15 is 0 Å². The summed E-state index contributed by atoms with van der Waals surface area (Å²) in [7, 11) is 1.54. The van der Waals surface area contributed by atoms with Gasteiger partial charge < -0.3 is 4.74 Å². The first-order valence-corrected chi connectivity index (χ1v) is 5.04. The largest absolute Gasteiger partial charge is 0.495 e. The zero-order valence-corrected chi connectivity index (χ0v) is 9.64. The molecule has 5 nitrogen and oxygen atoms in total. The van der Waals surface area contributed by atoms with Crippen LogP contribution in [0.4, 0.5) is 0 Å². The number of halogens is 1. The zero-order valence-electron chi connectivity index (χ0n) is 8.88. The summed E-state index contributed by atoms with van der Waals surface area (Å²) in [4.78, 5) is 11.8. The molecule has 0 radical (unpaired) electrons. The summed E-state index contributed by atoms with van der Waals surface area (Å²) >= 11 is 5.83. The molecule has 2 aromatic rings. The first-order valence-electron chi connectivity index (χ1n) is 4.66. The van der Waals surface area contributed by atoms with E-state index in [1.165, 1.54) is 6.33 Å². The molecular formula is C11H7ClN4O. The Morgan fingerprint density at radius 1 is 1.35 bits per heavy atom. The van der Waals surface area contributed by atoms with Crippen LogP contribution in [0, 0.1) is 11.3 Å². The van der Waals surface area contributed by atoms with E-state index in [2.05, 4.69) is 15.0 Å². The lowest BCUT2D eigenvalue weighted by Gasteiger charge is -2.05. The lowest BCUT2D eigenvalue weighted by Crippen LogP contribution is -1.94. The third-order valence-electron chi connectivity index (χ3n) is 2.14. The number of ether oxygens (including phenoxy) is 1.